The number of esters is 1. The van der Waals surface area contributed by atoms with Crippen LogP contribution in [-0.2, 0) is 22.4 Å². The highest BCUT2D eigenvalue weighted by Crippen LogP contribution is 2.35. The smallest absolute Gasteiger partial charge is 0.415 e. The van der Waals surface area contributed by atoms with Crippen molar-refractivity contribution in [3.05, 3.63) is 47.5 Å². The molecule has 0 radical (unpaired) electrons. The second kappa shape index (κ2) is 10.7. The lowest BCUT2D eigenvalue weighted by molar-refractivity contribution is -0.141. The third kappa shape index (κ3) is 5.21. The monoisotopic (exact) mass is 469 g/mol. The molecule has 1 amide bonds. The summed E-state index contributed by atoms with van der Waals surface area (Å²) in [5, 5.41) is 0. The van der Waals surface area contributed by atoms with Gasteiger partial charge in [-0.25, -0.2) is 4.79 Å². The van der Waals surface area contributed by atoms with Crippen LogP contribution in [0.3, 0.4) is 0 Å². The van der Waals surface area contributed by atoms with Crippen LogP contribution in [0.5, 0.6) is 23.0 Å². The van der Waals surface area contributed by atoms with Crippen molar-refractivity contribution in [3.8, 4) is 23.0 Å². The molecule has 0 aliphatic carbocycles. The molecule has 2 saturated heterocycles. The maximum absolute atomic E-state index is 12.5. The van der Waals surface area contributed by atoms with Crippen LogP contribution >= 0.6 is 0 Å². The molecule has 34 heavy (non-hydrogen) atoms. The van der Waals surface area contributed by atoms with Gasteiger partial charge in [0, 0.05) is 19.0 Å². The van der Waals surface area contributed by atoms with Crippen LogP contribution < -0.4 is 18.9 Å². The minimum Gasteiger partial charge on any atom is -0.493 e. The number of rotatable bonds is 8. The third-order valence-corrected chi connectivity index (χ3v) is 6.50. The first-order chi connectivity index (χ1) is 16.5. The number of nitrogens with zero attached hydrogens (tertiary/aromatic N) is 1. The average molecular weight is 470 g/mol. The molecule has 2 heterocycles. The largest absolute Gasteiger partial charge is 0.493 e. The molecule has 0 N–H and O–H groups in total. The molecule has 0 bridgehead atoms. The van der Waals surface area contributed by atoms with Crippen LogP contribution in [0.15, 0.2) is 36.4 Å². The van der Waals surface area contributed by atoms with Crippen LogP contribution in [0.25, 0.3) is 0 Å². The van der Waals surface area contributed by atoms with Gasteiger partial charge in [0.15, 0.2) is 23.0 Å². The van der Waals surface area contributed by atoms with E-state index in [1.165, 1.54) is 7.11 Å². The second-order valence-electron chi connectivity index (χ2n) is 8.64. The van der Waals surface area contributed by atoms with E-state index < -0.39 is 0 Å². The van der Waals surface area contributed by atoms with Crippen molar-refractivity contribution in [3.63, 3.8) is 0 Å². The van der Waals surface area contributed by atoms with Gasteiger partial charge in [-0.15, -0.1) is 0 Å². The summed E-state index contributed by atoms with van der Waals surface area (Å²) in [4.78, 5) is 26.6. The Balaban J connectivity index is 1.45. The molecule has 2 aliphatic heterocycles. The van der Waals surface area contributed by atoms with Crippen molar-refractivity contribution < 1.29 is 33.3 Å². The van der Waals surface area contributed by atoms with E-state index in [2.05, 4.69) is 0 Å². The van der Waals surface area contributed by atoms with Crippen molar-refractivity contribution >= 4 is 12.1 Å². The molecule has 2 aromatic rings. The minimum atomic E-state index is -0.363. The summed E-state index contributed by atoms with van der Waals surface area (Å²) in [6, 6.07) is 11.2. The molecule has 182 valence electrons. The highest BCUT2D eigenvalue weighted by Gasteiger charge is 2.37. The molecule has 2 aliphatic rings. The predicted molar refractivity (Wildman–Crippen MR) is 125 cm³/mol. The molecule has 0 saturated carbocycles. The van der Waals surface area contributed by atoms with Gasteiger partial charge >= 0.3 is 12.1 Å². The summed E-state index contributed by atoms with van der Waals surface area (Å²) in [7, 11) is 4.74. The number of methoxy groups -OCH3 is 3. The number of amides is 1. The standard InChI is InChI=1S/C26H31NO7/c1-30-21-8-6-17(14-23(21)31-2)12-19-16-33-25(28)20(19)13-18-7-9-22(24(15-18)32-3)34-26(29)27-10-4-5-11-27/h6-9,14-15,19-20H,4-5,10-13,16H2,1-3H3. The van der Waals surface area contributed by atoms with Crippen molar-refractivity contribution in [2.75, 3.05) is 41.0 Å². The molecule has 2 unspecified atom stereocenters. The van der Waals surface area contributed by atoms with Crippen LogP contribution in [0.4, 0.5) is 4.79 Å². The highest BCUT2D eigenvalue weighted by molar-refractivity contribution is 5.75. The first-order valence-electron chi connectivity index (χ1n) is 11.5. The molecule has 2 fully saturated rings. The van der Waals surface area contributed by atoms with Gasteiger partial charge in [-0.1, -0.05) is 12.1 Å². The summed E-state index contributed by atoms with van der Waals surface area (Å²) in [6.45, 7) is 1.80. The molecule has 2 atom stereocenters. The first kappa shape index (κ1) is 23.7. The molecule has 0 spiro atoms. The number of likely N-dealkylation sites (tertiary alicyclic amines) is 1. The number of benzene rings is 2. The van der Waals surface area contributed by atoms with Crippen LogP contribution in [-0.4, -0.2) is 58.0 Å². The van der Waals surface area contributed by atoms with Gasteiger partial charge in [0.05, 0.1) is 33.9 Å². The number of carbonyl (C=O) groups excluding carboxylic acids is 2. The van der Waals surface area contributed by atoms with E-state index >= 15 is 0 Å². The summed E-state index contributed by atoms with van der Waals surface area (Å²) in [5.74, 6) is 1.71. The topological polar surface area (TPSA) is 83.5 Å². The van der Waals surface area contributed by atoms with Crippen LogP contribution in [0.1, 0.15) is 24.0 Å². The van der Waals surface area contributed by atoms with Gasteiger partial charge in [-0.3, -0.25) is 4.79 Å². The van der Waals surface area contributed by atoms with Gasteiger partial charge in [0.2, 0.25) is 0 Å². The van der Waals surface area contributed by atoms with E-state index in [9.17, 15) is 9.59 Å². The van der Waals surface area contributed by atoms with E-state index in [0.717, 1.165) is 24.0 Å². The maximum Gasteiger partial charge on any atom is 0.415 e. The van der Waals surface area contributed by atoms with Crippen LogP contribution in [0.2, 0.25) is 0 Å². The van der Waals surface area contributed by atoms with Gasteiger partial charge in [0.25, 0.3) is 0 Å². The lowest BCUT2D eigenvalue weighted by Crippen LogP contribution is -2.30. The van der Waals surface area contributed by atoms with Crippen molar-refractivity contribution in [1.82, 2.24) is 4.90 Å². The number of ether oxygens (including phenoxy) is 5. The Morgan fingerprint density at radius 3 is 2.12 bits per heavy atom. The lowest BCUT2D eigenvalue weighted by atomic mass is 9.85. The zero-order valence-corrected chi connectivity index (χ0v) is 19.9. The number of cyclic esters (lactones) is 1. The Labute approximate surface area is 199 Å². The SMILES string of the molecule is COc1ccc(CC2COC(=O)C2Cc2ccc(OC(=O)N3CCCC3)c(OC)c2)cc1OC. The molecular weight excluding hydrogens is 438 g/mol. The van der Waals surface area contributed by atoms with Crippen molar-refractivity contribution in [2.45, 2.75) is 25.7 Å². The lowest BCUT2D eigenvalue weighted by Gasteiger charge is -2.18. The Morgan fingerprint density at radius 2 is 1.47 bits per heavy atom. The van der Waals surface area contributed by atoms with E-state index in [4.69, 9.17) is 23.7 Å². The van der Waals surface area contributed by atoms with Crippen LogP contribution in [0, 0.1) is 11.8 Å². The van der Waals surface area contributed by atoms with Gasteiger partial charge in [-0.05, 0) is 61.1 Å². The van der Waals surface area contributed by atoms with E-state index in [-0.39, 0.29) is 23.9 Å². The fraction of sp³-hybridized carbons (Fsp3) is 0.462. The van der Waals surface area contributed by atoms with E-state index in [1.807, 2.05) is 30.3 Å². The second-order valence-corrected chi connectivity index (χ2v) is 8.64. The van der Waals surface area contributed by atoms with Gasteiger partial charge in [-0.2, -0.15) is 0 Å². The molecule has 4 rings (SSSR count). The van der Waals surface area contributed by atoms with Crippen molar-refractivity contribution in [1.29, 1.82) is 0 Å². The summed E-state index contributed by atoms with van der Waals surface area (Å²) >= 11 is 0. The summed E-state index contributed by atoms with van der Waals surface area (Å²) < 4.78 is 27.2. The predicted octanol–water partition coefficient (Wildman–Crippen LogP) is 3.88. The van der Waals surface area contributed by atoms with Gasteiger partial charge < -0.3 is 28.6 Å². The summed E-state index contributed by atoms with van der Waals surface area (Å²) in [6.07, 6.45) is 2.81. The van der Waals surface area contributed by atoms with E-state index in [0.29, 0.717) is 55.5 Å². The zero-order chi connectivity index (χ0) is 24.1. The quantitative estimate of drug-likeness (QED) is 0.543. The van der Waals surface area contributed by atoms with E-state index in [1.54, 1.807) is 25.2 Å². The average Bonchev–Trinajstić information content (AvgIpc) is 3.51. The number of hydrogen-bond donors (Lipinski definition) is 0. The molecule has 8 nitrogen and oxygen atoms in total. The fourth-order valence-corrected chi connectivity index (χ4v) is 4.60. The molecule has 8 heteroatoms. The zero-order valence-electron chi connectivity index (χ0n) is 19.9. The number of hydrogen-bond acceptors (Lipinski definition) is 7. The Morgan fingerprint density at radius 1 is 0.882 bits per heavy atom. The third-order valence-electron chi connectivity index (χ3n) is 6.50. The molecular formula is C26H31NO7. The number of carbonyl (C=O) groups is 2. The molecule has 0 aromatic heterocycles. The maximum atomic E-state index is 12.5. The Bertz CT molecular complexity index is 1030. The normalized spacial score (nSPS) is 19.6. The fourth-order valence-electron chi connectivity index (χ4n) is 4.60. The van der Waals surface area contributed by atoms with Gasteiger partial charge in [0.1, 0.15) is 0 Å². The highest BCUT2D eigenvalue weighted by atomic mass is 16.6. The first-order valence-corrected chi connectivity index (χ1v) is 11.5. The van der Waals surface area contributed by atoms with Crippen molar-refractivity contribution in [2.24, 2.45) is 11.8 Å². The Hall–Kier alpha value is -3.42. The molecule has 2 aromatic carbocycles. The summed E-state index contributed by atoms with van der Waals surface area (Å²) in [5.41, 5.74) is 1.96. The minimum absolute atomic E-state index is 0.0317. The Kier molecular flexibility index (Phi) is 7.45.